The van der Waals surface area contributed by atoms with Crippen LogP contribution >= 0.6 is 11.8 Å². The van der Waals surface area contributed by atoms with E-state index < -0.39 is 0 Å². The first-order valence-electron chi connectivity index (χ1n) is 7.46. The maximum atomic E-state index is 5.88. The molecule has 0 bridgehead atoms. The Balaban J connectivity index is 1.93. The highest BCUT2D eigenvalue weighted by Crippen LogP contribution is 2.24. The Morgan fingerprint density at radius 3 is 2.80 bits per heavy atom. The third kappa shape index (κ3) is 4.54. The molecule has 3 nitrogen and oxygen atoms in total. The van der Waals surface area contributed by atoms with Crippen molar-refractivity contribution in [2.24, 2.45) is 0 Å². The average molecular weight is 296 g/mol. The van der Waals surface area contributed by atoms with Crippen LogP contribution in [-0.2, 0) is 13.1 Å². The number of furan rings is 1. The van der Waals surface area contributed by atoms with Gasteiger partial charge in [-0.15, -0.1) is 0 Å². The van der Waals surface area contributed by atoms with Crippen LogP contribution in [0.1, 0.15) is 44.3 Å². The third-order valence-corrected chi connectivity index (χ3v) is 4.96. The molecule has 1 aromatic heterocycles. The molecule has 0 radical (unpaired) electrons. The minimum atomic E-state index is 0.124. The van der Waals surface area contributed by atoms with E-state index >= 15 is 0 Å². The van der Waals surface area contributed by atoms with Crippen LogP contribution in [0.15, 0.2) is 10.5 Å². The molecule has 1 atom stereocenters. The molecule has 1 aliphatic heterocycles. The van der Waals surface area contributed by atoms with Crippen molar-refractivity contribution in [3.05, 3.63) is 23.2 Å². The van der Waals surface area contributed by atoms with E-state index in [1.165, 1.54) is 23.5 Å². The van der Waals surface area contributed by atoms with Crippen molar-refractivity contribution >= 4 is 11.8 Å². The van der Waals surface area contributed by atoms with Gasteiger partial charge in [0, 0.05) is 29.4 Å². The highest BCUT2D eigenvalue weighted by Gasteiger charge is 2.21. The topological polar surface area (TPSA) is 28.4 Å². The molecule has 0 amide bonds. The van der Waals surface area contributed by atoms with Crippen molar-refractivity contribution in [2.45, 2.75) is 58.8 Å². The van der Waals surface area contributed by atoms with E-state index in [2.05, 4.69) is 62.8 Å². The Bertz CT molecular complexity index is 430. The number of aryl methyl sites for hydroxylation is 1. The summed E-state index contributed by atoms with van der Waals surface area (Å²) in [5, 5.41) is 3.48. The molecule has 0 spiro atoms. The Morgan fingerprint density at radius 2 is 2.20 bits per heavy atom. The van der Waals surface area contributed by atoms with Crippen LogP contribution in [0.2, 0.25) is 0 Å². The van der Waals surface area contributed by atoms with Crippen LogP contribution in [0.3, 0.4) is 0 Å². The fourth-order valence-electron chi connectivity index (χ4n) is 2.45. The largest absolute Gasteiger partial charge is 0.465 e. The van der Waals surface area contributed by atoms with Gasteiger partial charge in [-0.2, -0.15) is 11.8 Å². The first kappa shape index (κ1) is 15.9. The van der Waals surface area contributed by atoms with E-state index in [9.17, 15) is 0 Å². The molecule has 20 heavy (non-hydrogen) atoms. The standard InChI is InChI=1S/C16H28N2OS/c1-12-13(10-18(5)14-6-7-20-11-14)8-15(19-12)9-17-16(2,3)4/h8,14,17H,6-7,9-11H2,1-5H3. The molecule has 0 aliphatic carbocycles. The van der Waals surface area contributed by atoms with Crippen LogP contribution < -0.4 is 5.32 Å². The lowest BCUT2D eigenvalue weighted by atomic mass is 10.1. The van der Waals surface area contributed by atoms with E-state index in [1.807, 2.05) is 0 Å². The molecule has 1 N–H and O–H groups in total. The van der Waals surface area contributed by atoms with Gasteiger partial charge in [0.05, 0.1) is 6.54 Å². The molecule has 0 aromatic carbocycles. The Hall–Kier alpha value is -0.450. The maximum absolute atomic E-state index is 5.88. The van der Waals surface area contributed by atoms with Gasteiger partial charge in [0.1, 0.15) is 11.5 Å². The summed E-state index contributed by atoms with van der Waals surface area (Å²) in [6.45, 7) is 10.4. The lowest BCUT2D eigenvalue weighted by Crippen LogP contribution is -2.34. The summed E-state index contributed by atoms with van der Waals surface area (Å²) in [5.74, 6) is 4.68. The number of rotatable bonds is 5. The van der Waals surface area contributed by atoms with Crippen molar-refractivity contribution in [3.63, 3.8) is 0 Å². The van der Waals surface area contributed by atoms with Gasteiger partial charge in [0.25, 0.3) is 0 Å². The first-order chi connectivity index (χ1) is 9.35. The quantitative estimate of drug-likeness (QED) is 0.901. The smallest absolute Gasteiger partial charge is 0.118 e. The molecule has 1 aromatic rings. The van der Waals surface area contributed by atoms with Gasteiger partial charge in [0.15, 0.2) is 0 Å². The van der Waals surface area contributed by atoms with Gasteiger partial charge in [-0.05, 0) is 53.0 Å². The fraction of sp³-hybridized carbons (Fsp3) is 0.750. The lowest BCUT2D eigenvalue weighted by molar-refractivity contribution is 0.253. The van der Waals surface area contributed by atoms with Crippen LogP contribution in [0.5, 0.6) is 0 Å². The molecule has 2 heterocycles. The number of hydrogen-bond acceptors (Lipinski definition) is 4. The summed E-state index contributed by atoms with van der Waals surface area (Å²) >= 11 is 2.07. The molecule has 1 aliphatic rings. The van der Waals surface area contributed by atoms with Crippen LogP contribution in [-0.4, -0.2) is 35.0 Å². The van der Waals surface area contributed by atoms with Crippen LogP contribution in [0.25, 0.3) is 0 Å². The van der Waals surface area contributed by atoms with Crippen molar-refractivity contribution in [1.29, 1.82) is 0 Å². The second-order valence-electron chi connectivity index (χ2n) is 6.83. The summed E-state index contributed by atoms with van der Waals surface area (Å²) in [4.78, 5) is 2.47. The van der Waals surface area contributed by atoms with Crippen molar-refractivity contribution in [1.82, 2.24) is 10.2 Å². The zero-order valence-corrected chi connectivity index (χ0v) is 14.3. The molecular formula is C16H28N2OS. The summed E-state index contributed by atoms with van der Waals surface area (Å²) < 4.78 is 5.88. The number of nitrogens with one attached hydrogen (secondary N) is 1. The molecule has 4 heteroatoms. The monoisotopic (exact) mass is 296 g/mol. The average Bonchev–Trinajstić information content (AvgIpc) is 2.96. The van der Waals surface area contributed by atoms with Gasteiger partial charge in [-0.3, -0.25) is 4.90 Å². The van der Waals surface area contributed by atoms with Gasteiger partial charge < -0.3 is 9.73 Å². The number of nitrogens with zero attached hydrogens (tertiary/aromatic N) is 1. The minimum absolute atomic E-state index is 0.124. The lowest BCUT2D eigenvalue weighted by Gasteiger charge is -2.22. The van der Waals surface area contributed by atoms with Gasteiger partial charge in [0.2, 0.25) is 0 Å². The van der Waals surface area contributed by atoms with Gasteiger partial charge in [-0.25, -0.2) is 0 Å². The van der Waals surface area contributed by atoms with Crippen molar-refractivity contribution < 1.29 is 4.42 Å². The Morgan fingerprint density at radius 1 is 1.45 bits per heavy atom. The highest BCUT2D eigenvalue weighted by atomic mass is 32.2. The fourth-order valence-corrected chi connectivity index (χ4v) is 3.75. The van der Waals surface area contributed by atoms with E-state index in [1.54, 1.807) is 0 Å². The molecule has 0 saturated carbocycles. The molecule has 2 rings (SSSR count). The van der Waals surface area contributed by atoms with Crippen LogP contribution in [0, 0.1) is 6.92 Å². The Labute approximate surface area is 127 Å². The van der Waals surface area contributed by atoms with Gasteiger partial charge >= 0.3 is 0 Å². The SMILES string of the molecule is Cc1oc(CNC(C)(C)C)cc1CN(C)C1CCSC1. The summed E-state index contributed by atoms with van der Waals surface area (Å²) in [6.07, 6.45) is 1.32. The first-order valence-corrected chi connectivity index (χ1v) is 8.62. The summed E-state index contributed by atoms with van der Waals surface area (Å²) in [6, 6.07) is 2.94. The molecule has 1 saturated heterocycles. The molecular weight excluding hydrogens is 268 g/mol. The second kappa shape index (κ2) is 6.54. The van der Waals surface area contributed by atoms with Crippen molar-refractivity contribution in [3.8, 4) is 0 Å². The van der Waals surface area contributed by atoms with E-state index in [0.29, 0.717) is 0 Å². The predicted molar refractivity (Wildman–Crippen MR) is 87.2 cm³/mol. The predicted octanol–water partition coefficient (Wildman–Crippen LogP) is 3.41. The zero-order valence-electron chi connectivity index (χ0n) is 13.5. The third-order valence-electron chi connectivity index (χ3n) is 3.81. The second-order valence-corrected chi connectivity index (χ2v) is 7.98. The maximum Gasteiger partial charge on any atom is 0.118 e. The minimum Gasteiger partial charge on any atom is -0.465 e. The van der Waals surface area contributed by atoms with Crippen LogP contribution in [0.4, 0.5) is 0 Å². The van der Waals surface area contributed by atoms with E-state index in [-0.39, 0.29) is 5.54 Å². The highest BCUT2D eigenvalue weighted by molar-refractivity contribution is 7.99. The van der Waals surface area contributed by atoms with Gasteiger partial charge in [-0.1, -0.05) is 0 Å². The molecule has 1 fully saturated rings. The number of thioether (sulfide) groups is 1. The normalized spacial score (nSPS) is 20.0. The number of hydrogen-bond donors (Lipinski definition) is 1. The van der Waals surface area contributed by atoms with E-state index in [0.717, 1.165) is 30.7 Å². The molecule has 1 unspecified atom stereocenters. The Kier molecular flexibility index (Phi) is 5.21. The molecule has 114 valence electrons. The van der Waals surface area contributed by atoms with E-state index in [4.69, 9.17) is 4.42 Å². The summed E-state index contributed by atoms with van der Waals surface area (Å²) in [7, 11) is 2.23. The van der Waals surface area contributed by atoms with Crippen molar-refractivity contribution in [2.75, 3.05) is 18.6 Å². The zero-order chi connectivity index (χ0) is 14.8. The summed E-state index contributed by atoms with van der Waals surface area (Å²) in [5.41, 5.74) is 1.45.